The summed E-state index contributed by atoms with van der Waals surface area (Å²) in [7, 11) is 0. The van der Waals surface area contributed by atoms with E-state index in [0.29, 0.717) is 12.3 Å². The average Bonchev–Trinajstić information content (AvgIpc) is 1.77. The zero-order valence-electron chi connectivity index (χ0n) is 9.74. The third-order valence-corrected chi connectivity index (χ3v) is 2.42. The normalized spacial score (nSPS) is 18.3. The van der Waals surface area contributed by atoms with E-state index in [4.69, 9.17) is 5.11 Å². The molecule has 0 spiro atoms. The first kappa shape index (κ1) is 13.4. The van der Waals surface area contributed by atoms with Gasteiger partial charge in [-0.3, -0.25) is 4.79 Å². The maximum Gasteiger partial charge on any atom is 0.309 e. The fourth-order valence-electron chi connectivity index (χ4n) is 2.22. The zero-order chi connectivity index (χ0) is 11.5. The zero-order valence-corrected chi connectivity index (χ0v) is 9.74. The number of aliphatic carboxylic acids is 1. The molecule has 2 unspecified atom stereocenters. The van der Waals surface area contributed by atoms with Crippen molar-refractivity contribution in [3.8, 4) is 0 Å². The van der Waals surface area contributed by atoms with Gasteiger partial charge in [0.15, 0.2) is 0 Å². The Labute approximate surface area is 86.1 Å². The largest absolute Gasteiger partial charge is 0.481 e. The molecule has 3 heteroatoms. The van der Waals surface area contributed by atoms with Crippen LogP contribution in [0.4, 0.5) is 0 Å². The minimum Gasteiger partial charge on any atom is -0.481 e. The van der Waals surface area contributed by atoms with Crippen LogP contribution in [0.1, 0.15) is 41.0 Å². The molecule has 2 atom stereocenters. The molecule has 0 amide bonds. The summed E-state index contributed by atoms with van der Waals surface area (Å²) in [6.45, 7) is 9.23. The first-order valence-electron chi connectivity index (χ1n) is 5.13. The molecule has 84 valence electrons. The summed E-state index contributed by atoms with van der Waals surface area (Å²) in [6.07, 6.45) is 0.516. The van der Waals surface area contributed by atoms with Gasteiger partial charge >= 0.3 is 5.97 Å². The molecule has 0 radical (unpaired) electrons. The van der Waals surface area contributed by atoms with Crippen LogP contribution >= 0.6 is 0 Å². The monoisotopic (exact) mass is 202 g/mol. The van der Waals surface area contributed by atoms with Crippen molar-refractivity contribution in [2.45, 2.75) is 46.6 Å². The van der Waals surface area contributed by atoms with Crippen molar-refractivity contribution < 1.29 is 15.0 Å². The number of carboxylic acids is 1. The summed E-state index contributed by atoms with van der Waals surface area (Å²) >= 11 is 0. The second-order valence-corrected chi connectivity index (χ2v) is 5.02. The van der Waals surface area contributed by atoms with E-state index in [9.17, 15) is 9.90 Å². The van der Waals surface area contributed by atoms with E-state index in [2.05, 4.69) is 0 Å². The predicted octanol–water partition coefficient (Wildman–Crippen LogP) is 2.14. The Hall–Kier alpha value is -0.570. The fourth-order valence-corrected chi connectivity index (χ4v) is 2.22. The van der Waals surface area contributed by atoms with Gasteiger partial charge in [-0.2, -0.15) is 0 Å². The second-order valence-electron chi connectivity index (χ2n) is 5.02. The third-order valence-electron chi connectivity index (χ3n) is 2.42. The Morgan fingerprint density at radius 1 is 1.29 bits per heavy atom. The number of carboxylic acid groups (broad SMARTS) is 1. The minimum absolute atomic E-state index is 0.0544. The standard InChI is InChI=1S/C11H22O3/c1-7(2)6-11(5,14)9(8(3)4)10(12)13/h7-9,14H,6H2,1-5H3,(H,12,13). The number of hydrogen-bond donors (Lipinski definition) is 2. The van der Waals surface area contributed by atoms with Crippen LogP contribution in [-0.4, -0.2) is 21.8 Å². The van der Waals surface area contributed by atoms with Crippen molar-refractivity contribution in [1.29, 1.82) is 0 Å². The van der Waals surface area contributed by atoms with Gasteiger partial charge in [0.05, 0.1) is 11.5 Å². The van der Waals surface area contributed by atoms with Crippen LogP contribution in [0, 0.1) is 17.8 Å². The van der Waals surface area contributed by atoms with E-state index in [1.54, 1.807) is 6.92 Å². The summed E-state index contributed by atoms with van der Waals surface area (Å²) in [5.41, 5.74) is -1.12. The van der Waals surface area contributed by atoms with Crippen LogP contribution in [0.25, 0.3) is 0 Å². The molecule has 0 rings (SSSR count). The van der Waals surface area contributed by atoms with Gasteiger partial charge in [0.25, 0.3) is 0 Å². The van der Waals surface area contributed by atoms with Gasteiger partial charge in [-0.15, -0.1) is 0 Å². The Balaban J connectivity index is 4.71. The summed E-state index contributed by atoms with van der Waals surface area (Å²) in [5, 5.41) is 19.1. The van der Waals surface area contributed by atoms with Gasteiger partial charge in [0.2, 0.25) is 0 Å². The highest BCUT2D eigenvalue weighted by Crippen LogP contribution is 2.30. The lowest BCUT2D eigenvalue weighted by Gasteiger charge is -2.33. The van der Waals surface area contributed by atoms with Gasteiger partial charge in [-0.1, -0.05) is 27.7 Å². The Bertz CT molecular complexity index is 195. The molecule has 0 aliphatic rings. The molecule has 0 aromatic carbocycles. The molecule has 0 aromatic rings. The van der Waals surface area contributed by atoms with Gasteiger partial charge in [-0.25, -0.2) is 0 Å². The molecule has 0 aromatic heterocycles. The highest BCUT2D eigenvalue weighted by atomic mass is 16.4. The lowest BCUT2D eigenvalue weighted by atomic mass is 9.76. The number of carbonyl (C=O) groups is 1. The molecule has 0 aliphatic carbocycles. The van der Waals surface area contributed by atoms with Crippen molar-refractivity contribution >= 4 is 5.97 Å². The van der Waals surface area contributed by atoms with Gasteiger partial charge in [-0.05, 0) is 25.2 Å². The third kappa shape index (κ3) is 3.66. The van der Waals surface area contributed by atoms with E-state index < -0.39 is 17.5 Å². The SMILES string of the molecule is CC(C)CC(C)(O)C(C(=O)O)C(C)C. The molecular formula is C11H22O3. The van der Waals surface area contributed by atoms with Gasteiger partial charge < -0.3 is 10.2 Å². The molecule has 0 saturated carbocycles. The maximum absolute atomic E-state index is 11.0. The molecule has 2 N–H and O–H groups in total. The molecule has 14 heavy (non-hydrogen) atoms. The smallest absolute Gasteiger partial charge is 0.309 e. The lowest BCUT2D eigenvalue weighted by Crippen LogP contribution is -2.43. The number of hydrogen-bond acceptors (Lipinski definition) is 2. The molecule has 0 aliphatic heterocycles. The topological polar surface area (TPSA) is 57.5 Å². The van der Waals surface area contributed by atoms with Crippen molar-refractivity contribution in [3.05, 3.63) is 0 Å². The quantitative estimate of drug-likeness (QED) is 0.718. The summed E-state index contributed by atoms with van der Waals surface area (Å²) in [5.74, 6) is -1.36. The van der Waals surface area contributed by atoms with Crippen LogP contribution in [0.3, 0.4) is 0 Å². The Morgan fingerprint density at radius 3 is 1.93 bits per heavy atom. The van der Waals surface area contributed by atoms with Crippen LogP contribution in [0.5, 0.6) is 0 Å². The van der Waals surface area contributed by atoms with Gasteiger partial charge in [0, 0.05) is 0 Å². The summed E-state index contributed by atoms with van der Waals surface area (Å²) < 4.78 is 0. The highest BCUT2D eigenvalue weighted by Gasteiger charge is 2.39. The van der Waals surface area contributed by atoms with Crippen LogP contribution < -0.4 is 0 Å². The van der Waals surface area contributed by atoms with Crippen LogP contribution in [0.15, 0.2) is 0 Å². The van der Waals surface area contributed by atoms with Crippen LogP contribution in [0.2, 0.25) is 0 Å². The lowest BCUT2D eigenvalue weighted by molar-refractivity contribution is -0.155. The second kappa shape index (κ2) is 4.78. The number of aliphatic hydroxyl groups is 1. The van der Waals surface area contributed by atoms with Crippen molar-refractivity contribution in [1.82, 2.24) is 0 Å². The first-order chi connectivity index (χ1) is 6.18. The van der Waals surface area contributed by atoms with Crippen LogP contribution in [-0.2, 0) is 4.79 Å². The Kier molecular flexibility index (Phi) is 4.59. The van der Waals surface area contributed by atoms with Crippen molar-refractivity contribution in [2.24, 2.45) is 17.8 Å². The molecule has 0 saturated heterocycles. The van der Waals surface area contributed by atoms with Crippen molar-refractivity contribution in [3.63, 3.8) is 0 Å². The van der Waals surface area contributed by atoms with Crippen molar-refractivity contribution in [2.75, 3.05) is 0 Å². The average molecular weight is 202 g/mol. The Morgan fingerprint density at radius 2 is 1.71 bits per heavy atom. The molecular weight excluding hydrogens is 180 g/mol. The highest BCUT2D eigenvalue weighted by molar-refractivity contribution is 5.71. The maximum atomic E-state index is 11.0. The molecule has 3 nitrogen and oxygen atoms in total. The van der Waals surface area contributed by atoms with E-state index >= 15 is 0 Å². The predicted molar refractivity (Wildman–Crippen MR) is 56.0 cm³/mol. The minimum atomic E-state index is -1.12. The summed E-state index contributed by atoms with van der Waals surface area (Å²) in [4.78, 5) is 11.0. The van der Waals surface area contributed by atoms with E-state index in [0.717, 1.165) is 0 Å². The summed E-state index contributed by atoms with van der Waals surface area (Å²) in [6, 6.07) is 0. The van der Waals surface area contributed by atoms with E-state index in [1.165, 1.54) is 0 Å². The fraction of sp³-hybridized carbons (Fsp3) is 0.909. The van der Waals surface area contributed by atoms with E-state index in [1.807, 2.05) is 27.7 Å². The first-order valence-corrected chi connectivity index (χ1v) is 5.13. The molecule has 0 fully saturated rings. The van der Waals surface area contributed by atoms with E-state index in [-0.39, 0.29) is 5.92 Å². The number of rotatable bonds is 5. The van der Waals surface area contributed by atoms with Gasteiger partial charge in [0.1, 0.15) is 0 Å². The molecule has 0 bridgehead atoms. The molecule has 0 heterocycles.